The summed E-state index contributed by atoms with van der Waals surface area (Å²) < 4.78 is 136. The van der Waals surface area contributed by atoms with Crippen molar-refractivity contribution in [2.45, 2.75) is 231 Å². The molecular formula is C96H120BBr4F5N14O12S7. The number of hydrogen-bond donors (Lipinski definition) is 3. The molecule has 0 spiro atoms. The minimum Gasteiger partial charge on any atom is -0.465 e. The highest BCUT2D eigenvalue weighted by atomic mass is 79.9. The molecule has 1 aliphatic rings. The molecule has 4 N–H and O–H groups in total. The Balaban J connectivity index is 0.000000225. The number of amides is 2. The molecule has 1 fully saturated rings. The van der Waals surface area contributed by atoms with Crippen LogP contribution in [0.3, 0.4) is 0 Å². The van der Waals surface area contributed by atoms with Gasteiger partial charge in [0.05, 0.1) is 100 Å². The quantitative estimate of drug-likeness (QED) is 0.0113. The van der Waals surface area contributed by atoms with Gasteiger partial charge in [0.25, 0.3) is 0 Å². The maximum absolute atomic E-state index is 14.1. The van der Waals surface area contributed by atoms with E-state index >= 15 is 0 Å². The molecule has 0 aliphatic carbocycles. The summed E-state index contributed by atoms with van der Waals surface area (Å²) in [4.78, 5) is 61.3. The first-order chi connectivity index (χ1) is 65.5. The lowest BCUT2D eigenvalue weighted by molar-refractivity contribution is -0.145. The SMILES string of the molecule is CC(C)(C)OC(=O)NCc1ncc(Br)s1.CCCCC(CC)COC(=O)CCSc1cc(F)cc(-c2cnn(C)c2)c1.CCCCC(CC)COC(=O)CCSc1cc(F)cc(Br)c1.Cn1cc(-c2cc(F)cc(S(=O)(=O)c3cnc(CN)s3)c2)cn1.Cn1cc(-c2cc(F)cc(Sc3cnc(CNC(=O)OC(C)(C)C)s3)c2)cn1.Cn1cc(B2OC(C)(C)C(C)(C)O2)cn1.Fc1cc(Br)cc(Br)c1. The van der Waals surface area contributed by atoms with Gasteiger partial charge in [0.15, 0.2) is 0 Å². The van der Waals surface area contributed by atoms with Gasteiger partial charge in [-0.05, 0) is 218 Å². The predicted molar refractivity (Wildman–Crippen MR) is 557 cm³/mol. The van der Waals surface area contributed by atoms with Crippen LogP contribution >= 0.6 is 133 Å². The number of nitrogens with zero attached hydrogens (tertiary/aromatic N) is 11. The van der Waals surface area contributed by atoms with Crippen LogP contribution in [0, 0.1) is 40.9 Å². The lowest BCUT2D eigenvalue weighted by atomic mass is 9.82. The highest BCUT2D eigenvalue weighted by Crippen LogP contribution is 2.39. The summed E-state index contributed by atoms with van der Waals surface area (Å²) in [7, 11) is 3.12. The Morgan fingerprint density at radius 1 is 0.496 bits per heavy atom. The van der Waals surface area contributed by atoms with E-state index in [0.717, 1.165) is 119 Å². The first-order valence-electron chi connectivity index (χ1n) is 44.4. The normalized spacial score (nSPS) is 12.9. The lowest BCUT2D eigenvalue weighted by Crippen LogP contribution is -2.41. The van der Waals surface area contributed by atoms with Gasteiger partial charge in [-0.1, -0.05) is 126 Å². The number of nitrogens with two attached hydrogens (primary N) is 1. The zero-order chi connectivity index (χ0) is 103. The van der Waals surface area contributed by atoms with Crippen LogP contribution in [0.25, 0.3) is 33.4 Å². The second-order valence-electron chi connectivity index (χ2n) is 34.6. The molecule has 2 unspecified atom stereocenters. The minimum absolute atomic E-state index is 0.0423. The smallest absolute Gasteiger partial charge is 0.465 e. The molecule has 2 amide bonds. The number of carbonyl (C=O) groups is 4. The number of rotatable bonds is 33. The average molecular weight is 2310 g/mol. The standard InChI is InChI=1S/C21H29FN2O2S.C19H21FN4O2S2.C17H24BrFO2S.C14H13FN4O2S2.C10H17BN2O2.C9H13BrN2O2S.C6H3Br2F/c1-4-6-7-16(5-2)15-26-21(25)8-9-27-20-11-17(10-19(22)12-20)18-13-23-24(3)14-18;1-19(2,3)26-18(25)22-9-16-21-10-17(28-16)27-15-6-12(5-14(20)7-15)13-8-23-24(4)11-13;1-3-5-6-13(4-2)12-21-17(20)7-8-22-16-10-14(18)9-15(19)11-16;1-19-8-10(6-18-19)9-2-11(15)4-12(3-9)23(20,21)14-7-17-13(5-16)22-14;1-9(2)10(3,4)15-11(14-9)8-6-12-13(5)7-8;1-9(2,3)14-8(13)12-5-7-11-4-6(10)15-7;7-4-1-5(8)3-6(9)2-4/h10-14,16H,4-9,15H2,1-3H3;5-8,10-11H,9H2,1-4H3,(H,22,25);9-11,13H,3-8,12H2,1-2H3;2-4,6-8H,5,16H2,1H3;6-7H,1-5H3;4H,5H2,1-3H3,(H,12,13);1-3H. The number of thioether (sulfide) groups is 2. The fraction of sp³-hybridized carbons (Fsp3) is 0.427. The zero-order valence-electron chi connectivity index (χ0n) is 80.9. The number of halogens is 9. The number of benzene rings is 5. The van der Waals surface area contributed by atoms with Gasteiger partial charge in [-0.3, -0.25) is 28.3 Å². The van der Waals surface area contributed by atoms with Crippen molar-refractivity contribution in [1.82, 2.24) is 64.7 Å². The molecule has 1 aliphatic heterocycles. The fourth-order valence-corrected chi connectivity index (χ4v) is 21.7. The monoisotopic (exact) mass is 2310 g/mol. The Hall–Kier alpha value is -8.18. The van der Waals surface area contributed by atoms with Gasteiger partial charge >= 0.3 is 31.2 Å². The molecule has 8 heterocycles. The molecule has 2 atom stereocenters. The van der Waals surface area contributed by atoms with Crippen molar-refractivity contribution in [2.24, 2.45) is 45.8 Å². The third kappa shape index (κ3) is 43.1. The van der Waals surface area contributed by atoms with Crippen LogP contribution in [0.5, 0.6) is 0 Å². The summed E-state index contributed by atoms with van der Waals surface area (Å²) in [5.74, 6) is -0.00269. The summed E-state index contributed by atoms with van der Waals surface area (Å²) in [6, 6.07) is 22.8. The summed E-state index contributed by atoms with van der Waals surface area (Å²) in [5, 5.41) is 23.8. The van der Waals surface area contributed by atoms with Crippen LogP contribution in [-0.2, 0) is 95.5 Å². The third-order valence-corrected chi connectivity index (χ3v) is 30.1. The number of aryl methyl sites for hydroxylation is 4. The van der Waals surface area contributed by atoms with E-state index in [2.05, 4.69) is 137 Å². The van der Waals surface area contributed by atoms with Gasteiger partial charge in [0, 0.05) is 127 Å². The lowest BCUT2D eigenvalue weighted by Gasteiger charge is -2.32. The highest BCUT2D eigenvalue weighted by molar-refractivity contribution is 9.11. The van der Waals surface area contributed by atoms with Gasteiger partial charge in [-0.15, -0.1) is 57.5 Å². The number of esters is 2. The number of thiazole rings is 3. The molecule has 1 saturated heterocycles. The van der Waals surface area contributed by atoms with Crippen molar-refractivity contribution in [2.75, 3.05) is 24.7 Å². The largest absolute Gasteiger partial charge is 0.498 e. The fourth-order valence-electron chi connectivity index (χ4n) is 12.2. The van der Waals surface area contributed by atoms with Gasteiger partial charge in [0.2, 0.25) is 9.84 Å². The molecule has 43 heteroatoms. The molecule has 12 aromatic rings. The third-order valence-electron chi connectivity index (χ3n) is 20.0. The molecular weight excluding hydrogens is 2190 g/mol. The molecule has 7 aromatic heterocycles. The first-order valence-corrected chi connectivity index (χ1v) is 54.3. The topological polar surface area (TPSA) is 318 Å². The summed E-state index contributed by atoms with van der Waals surface area (Å²) in [6.45, 7) is 29.5. The Bertz CT molecular complexity index is 5950. The highest BCUT2D eigenvalue weighted by Gasteiger charge is 2.52. The molecule has 0 radical (unpaired) electrons. The molecule has 13 rings (SSSR count). The van der Waals surface area contributed by atoms with Crippen LogP contribution < -0.4 is 21.8 Å². The van der Waals surface area contributed by atoms with Crippen molar-refractivity contribution in [1.29, 1.82) is 0 Å². The Kier molecular flexibility index (Phi) is 48.6. The zero-order valence-corrected chi connectivity index (χ0v) is 93.0. The second kappa shape index (κ2) is 57.4. The van der Waals surface area contributed by atoms with E-state index in [-0.39, 0.29) is 75.7 Å². The number of ether oxygens (including phenoxy) is 4. The van der Waals surface area contributed by atoms with Gasteiger partial charge in [-0.25, -0.2) is 54.9 Å². The number of unbranched alkanes of at least 4 members (excludes halogenated alkanes) is 2. The van der Waals surface area contributed by atoms with Crippen LogP contribution in [0.4, 0.5) is 31.5 Å². The van der Waals surface area contributed by atoms with E-state index in [1.165, 1.54) is 144 Å². The number of aromatic nitrogens is 11. The van der Waals surface area contributed by atoms with Crippen LogP contribution in [0.15, 0.2) is 204 Å². The van der Waals surface area contributed by atoms with Crippen molar-refractivity contribution >= 4 is 180 Å². The minimum atomic E-state index is -3.84. The summed E-state index contributed by atoms with van der Waals surface area (Å²) in [6.07, 6.45) is 27.5. The molecule has 0 saturated carbocycles. The molecule has 139 heavy (non-hydrogen) atoms. The van der Waals surface area contributed by atoms with E-state index in [4.69, 9.17) is 34.0 Å². The molecule has 5 aromatic carbocycles. The van der Waals surface area contributed by atoms with Crippen molar-refractivity contribution in [3.63, 3.8) is 0 Å². The van der Waals surface area contributed by atoms with Gasteiger partial charge in [-0.2, -0.15) is 20.4 Å². The molecule has 26 nitrogen and oxygen atoms in total. The van der Waals surface area contributed by atoms with Crippen molar-refractivity contribution in [3.8, 4) is 33.4 Å². The van der Waals surface area contributed by atoms with E-state index in [1.807, 2.05) is 127 Å². The van der Waals surface area contributed by atoms with Gasteiger partial charge < -0.3 is 44.6 Å². The number of alkyl carbamates (subject to hydrolysis) is 2. The summed E-state index contributed by atoms with van der Waals surface area (Å²) in [5.41, 5.74) is 9.21. The maximum Gasteiger partial charge on any atom is 0.498 e. The Morgan fingerprint density at radius 2 is 0.899 bits per heavy atom. The number of hydrogen-bond acceptors (Lipinski definition) is 26. The van der Waals surface area contributed by atoms with Crippen LogP contribution in [0.2, 0.25) is 0 Å². The van der Waals surface area contributed by atoms with Gasteiger partial charge in [0.1, 0.15) is 59.5 Å². The van der Waals surface area contributed by atoms with Crippen LogP contribution in [-0.4, -0.2) is 141 Å². The summed E-state index contributed by atoms with van der Waals surface area (Å²) >= 11 is 21.1. The molecule has 0 bridgehead atoms. The number of sulfone groups is 1. The van der Waals surface area contributed by atoms with Crippen molar-refractivity contribution < 1.29 is 77.8 Å². The average Bonchev–Trinajstić information content (AvgIpc) is 1.69. The van der Waals surface area contributed by atoms with Crippen LogP contribution in [0.1, 0.15) is 176 Å². The Labute approximate surface area is 869 Å². The van der Waals surface area contributed by atoms with Crippen molar-refractivity contribution in [3.05, 3.63) is 220 Å². The van der Waals surface area contributed by atoms with E-state index in [1.54, 1.807) is 75.2 Å². The Morgan fingerprint density at radius 3 is 1.30 bits per heavy atom. The second-order valence-corrected chi connectivity index (χ2v) is 47.9. The predicted octanol–water partition coefficient (Wildman–Crippen LogP) is 25.1. The van der Waals surface area contributed by atoms with E-state index in [0.29, 0.717) is 76.5 Å². The first kappa shape index (κ1) is 118. The number of nitrogens with one attached hydrogen (secondary N) is 2. The maximum atomic E-state index is 14.1. The number of carbonyl (C=O) groups excluding carboxylic acids is 4. The molecule has 754 valence electrons. The van der Waals surface area contributed by atoms with E-state index in [9.17, 15) is 49.5 Å². The van der Waals surface area contributed by atoms with E-state index < -0.39 is 39.0 Å².